The van der Waals surface area contributed by atoms with E-state index in [0.29, 0.717) is 11.3 Å². The molecule has 1 aromatic heterocycles. The molecule has 1 aromatic carbocycles. The van der Waals surface area contributed by atoms with Crippen molar-refractivity contribution in [2.24, 2.45) is 7.05 Å². The maximum absolute atomic E-state index is 14.4. The van der Waals surface area contributed by atoms with Gasteiger partial charge in [0.1, 0.15) is 19.0 Å². The summed E-state index contributed by atoms with van der Waals surface area (Å²) in [6, 6.07) is 8.28. The molecule has 1 amide bonds. The van der Waals surface area contributed by atoms with Crippen molar-refractivity contribution in [3.63, 3.8) is 0 Å². The quantitative estimate of drug-likeness (QED) is 0.703. The minimum absolute atomic E-state index is 0. The summed E-state index contributed by atoms with van der Waals surface area (Å²) in [4.78, 5) is 13.0. The largest absolute Gasteiger partial charge is 1.00 e. The number of halogens is 2. The Morgan fingerprint density at radius 3 is 2.83 bits per heavy atom. The van der Waals surface area contributed by atoms with Gasteiger partial charge >= 0.3 is 6.09 Å². The van der Waals surface area contributed by atoms with E-state index in [2.05, 4.69) is 0 Å². The number of ether oxygens (including phenoxy) is 1. The molecule has 0 unspecified atom stereocenters. The van der Waals surface area contributed by atoms with Gasteiger partial charge in [0.25, 0.3) is 0 Å². The highest BCUT2D eigenvalue weighted by atomic mass is 35.5. The van der Waals surface area contributed by atoms with Crippen LogP contribution in [0.1, 0.15) is 0 Å². The van der Waals surface area contributed by atoms with E-state index in [1.165, 1.54) is 11.0 Å². The number of cyclic esters (lactones) is 1. The molecule has 1 aliphatic heterocycles. The Morgan fingerprint density at radius 2 is 2.22 bits per heavy atom. The molecule has 0 aliphatic carbocycles. The van der Waals surface area contributed by atoms with E-state index in [1.54, 1.807) is 12.1 Å². The molecule has 3 rings (SSSR count). The molecule has 2 heterocycles. The van der Waals surface area contributed by atoms with Crippen LogP contribution in [0, 0.1) is 5.82 Å². The first kappa shape index (κ1) is 17.2. The molecule has 7 heteroatoms. The highest BCUT2D eigenvalue weighted by Crippen LogP contribution is 2.28. The number of aliphatic hydroxyl groups is 1. The molecule has 0 radical (unpaired) electrons. The van der Waals surface area contributed by atoms with Crippen LogP contribution in [0.4, 0.5) is 14.9 Å². The van der Waals surface area contributed by atoms with Crippen LogP contribution in [0.25, 0.3) is 11.1 Å². The monoisotopic (exact) mass is 338 g/mol. The third-order valence-electron chi connectivity index (χ3n) is 3.59. The van der Waals surface area contributed by atoms with Crippen LogP contribution in [0.5, 0.6) is 0 Å². The Morgan fingerprint density at radius 1 is 1.43 bits per heavy atom. The average molecular weight is 339 g/mol. The number of nitrogens with zero attached hydrogens (tertiary/aromatic N) is 2. The summed E-state index contributed by atoms with van der Waals surface area (Å²) < 4.78 is 21.2. The Kier molecular flexibility index (Phi) is 5.18. The van der Waals surface area contributed by atoms with Gasteiger partial charge in [-0.3, -0.25) is 4.90 Å². The first-order valence-corrected chi connectivity index (χ1v) is 6.92. The number of aryl methyl sites for hydroxylation is 1. The van der Waals surface area contributed by atoms with E-state index in [0.717, 1.165) is 5.56 Å². The molecular formula is C16H16ClFN2O3. The molecule has 1 fully saturated rings. The lowest BCUT2D eigenvalue weighted by Gasteiger charge is -2.14. The highest BCUT2D eigenvalue weighted by molar-refractivity contribution is 5.90. The van der Waals surface area contributed by atoms with Gasteiger partial charge in [0, 0.05) is 17.2 Å². The number of aliphatic hydroxyl groups excluding tert-OH is 1. The Labute approximate surface area is 139 Å². The summed E-state index contributed by atoms with van der Waals surface area (Å²) in [5.74, 6) is -0.413. The van der Waals surface area contributed by atoms with Gasteiger partial charge in [-0.25, -0.2) is 13.8 Å². The fourth-order valence-corrected chi connectivity index (χ4v) is 2.48. The summed E-state index contributed by atoms with van der Waals surface area (Å²) >= 11 is 0. The Hall–Kier alpha value is -2.18. The molecule has 23 heavy (non-hydrogen) atoms. The summed E-state index contributed by atoms with van der Waals surface area (Å²) in [7, 11) is 1.87. The molecular weight excluding hydrogens is 323 g/mol. The molecule has 1 N–H and O–H groups in total. The van der Waals surface area contributed by atoms with Gasteiger partial charge in [-0.15, -0.1) is 0 Å². The van der Waals surface area contributed by atoms with Crippen molar-refractivity contribution in [2.75, 3.05) is 18.1 Å². The number of pyridine rings is 1. The van der Waals surface area contributed by atoms with Crippen molar-refractivity contribution < 1.29 is 36.0 Å². The van der Waals surface area contributed by atoms with Gasteiger partial charge < -0.3 is 22.3 Å². The predicted octanol–water partition coefficient (Wildman–Crippen LogP) is -1.36. The Balaban J connectivity index is 0.00000192. The van der Waals surface area contributed by atoms with E-state index < -0.39 is 18.0 Å². The highest BCUT2D eigenvalue weighted by Gasteiger charge is 2.32. The van der Waals surface area contributed by atoms with Gasteiger partial charge in [0.2, 0.25) is 0 Å². The number of carbonyl (C=O) groups excluding carboxylic acids is 1. The van der Waals surface area contributed by atoms with Gasteiger partial charge in [-0.1, -0.05) is 0 Å². The summed E-state index contributed by atoms with van der Waals surface area (Å²) in [5.41, 5.74) is 1.64. The van der Waals surface area contributed by atoms with Crippen LogP contribution in [0.15, 0.2) is 42.7 Å². The fourth-order valence-electron chi connectivity index (χ4n) is 2.48. The lowest BCUT2D eigenvalue weighted by molar-refractivity contribution is -0.671. The third-order valence-corrected chi connectivity index (χ3v) is 3.59. The minimum atomic E-state index is -0.572. The second-order valence-corrected chi connectivity index (χ2v) is 5.22. The predicted molar refractivity (Wildman–Crippen MR) is 77.7 cm³/mol. The van der Waals surface area contributed by atoms with E-state index in [-0.39, 0.29) is 25.6 Å². The molecule has 0 saturated carbocycles. The first-order chi connectivity index (χ1) is 10.6. The Bertz CT molecular complexity index is 726. The molecule has 122 valence electrons. The van der Waals surface area contributed by atoms with Crippen molar-refractivity contribution in [1.82, 2.24) is 0 Å². The van der Waals surface area contributed by atoms with E-state index in [1.807, 2.05) is 36.1 Å². The number of anilines is 1. The fraction of sp³-hybridized carbons (Fsp3) is 0.250. The first-order valence-electron chi connectivity index (χ1n) is 6.92. The normalized spacial score (nSPS) is 16.9. The number of rotatable bonds is 3. The van der Waals surface area contributed by atoms with Crippen molar-refractivity contribution in [3.8, 4) is 11.1 Å². The molecule has 1 aliphatic rings. The van der Waals surface area contributed by atoms with Crippen LogP contribution < -0.4 is 21.9 Å². The molecule has 0 spiro atoms. The van der Waals surface area contributed by atoms with Crippen LogP contribution in [-0.4, -0.2) is 30.5 Å². The molecule has 1 saturated heterocycles. The molecule has 0 bridgehead atoms. The number of amides is 1. The molecule has 1 atom stereocenters. The number of aromatic nitrogens is 1. The second-order valence-electron chi connectivity index (χ2n) is 5.22. The topological polar surface area (TPSA) is 53.6 Å². The van der Waals surface area contributed by atoms with Crippen LogP contribution in [-0.2, 0) is 11.8 Å². The number of hydrogen-bond acceptors (Lipinski definition) is 3. The lowest BCUT2D eigenvalue weighted by atomic mass is 10.1. The number of benzene rings is 1. The van der Waals surface area contributed by atoms with Crippen molar-refractivity contribution >= 4 is 11.8 Å². The van der Waals surface area contributed by atoms with Gasteiger partial charge in [-0.05, 0) is 24.3 Å². The van der Waals surface area contributed by atoms with Crippen LogP contribution in [0.3, 0.4) is 0 Å². The summed E-state index contributed by atoms with van der Waals surface area (Å²) in [6.07, 6.45) is 2.55. The van der Waals surface area contributed by atoms with Gasteiger partial charge in [0.15, 0.2) is 12.4 Å². The zero-order valence-corrected chi connectivity index (χ0v) is 13.2. The van der Waals surface area contributed by atoms with Gasteiger partial charge in [-0.2, -0.15) is 0 Å². The number of hydrogen-bond donors (Lipinski definition) is 1. The second kappa shape index (κ2) is 6.93. The van der Waals surface area contributed by atoms with Crippen molar-refractivity contribution in [1.29, 1.82) is 0 Å². The van der Waals surface area contributed by atoms with Crippen molar-refractivity contribution in [3.05, 3.63) is 48.5 Å². The van der Waals surface area contributed by atoms with E-state index >= 15 is 0 Å². The van der Waals surface area contributed by atoms with Crippen molar-refractivity contribution in [2.45, 2.75) is 6.10 Å². The molecule has 2 aromatic rings. The van der Waals surface area contributed by atoms with Crippen LogP contribution in [0.2, 0.25) is 0 Å². The summed E-state index contributed by atoms with van der Waals surface area (Å²) in [5, 5.41) is 9.04. The minimum Gasteiger partial charge on any atom is -1.00 e. The van der Waals surface area contributed by atoms with Crippen LogP contribution >= 0.6 is 0 Å². The summed E-state index contributed by atoms with van der Waals surface area (Å²) in [6.45, 7) is -0.0300. The average Bonchev–Trinajstić information content (AvgIpc) is 2.88. The van der Waals surface area contributed by atoms with E-state index in [9.17, 15) is 9.18 Å². The number of carbonyl (C=O) groups is 1. The zero-order chi connectivity index (χ0) is 15.7. The zero-order valence-electron chi connectivity index (χ0n) is 12.4. The van der Waals surface area contributed by atoms with Gasteiger partial charge in [0.05, 0.1) is 18.8 Å². The molecule has 5 nitrogen and oxygen atoms in total. The lowest BCUT2D eigenvalue weighted by Crippen LogP contribution is -3.00. The van der Waals surface area contributed by atoms with E-state index in [4.69, 9.17) is 9.84 Å². The SMILES string of the molecule is C[n+]1cccc(-c2ccc(N3C[C@H](CO)OC3=O)cc2F)c1.[Cl-]. The third kappa shape index (κ3) is 3.43. The maximum atomic E-state index is 14.4. The standard InChI is InChI=1S/C16H16FN2O3.ClH/c1-18-6-2-3-11(8-18)14-5-4-12(7-15(14)17)19-9-13(10-20)22-16(19)21;/h2-8,13,20H,9-10H2,1H3;1H/q+1;/p-1/t13-;/m1./s1. The smallest absolute Gasteiger partial charge is 0.414 e. The maximum Gasteiger partial charge on any atom is 0.414 e.